The third-order valence-electron chi connectivity index (χ3n) is 4.50. The number of benzene rings is 1. The Hall–Kier alpha value is -0.810. The summed E-state index contributed by atoms with van der Waals surface area (Å²) in [5, 5.41) is 2.45. The van der Waals surface area contributed by atoms with Crippen molar-refractivity contribution in [2.45, 2.75) is 23.0 Å². The van der Waals surface area contributed by atoms with Gasteiger partial charge in [0.25, 0.3) is 5.91 Å². The standard InChI is InChI=1S/C15H14N2OS3/c18-14-10-2-1-3-11(16-9-19)13(10)12-8-15(4-5-17(12)14)20-6-7-21-15/h1-3,12H,4-8H2. The molecule has 0 aliphatic carbocycles. The Balaban J connectivity index is 1.80. The van der Waals surface area contributed by atoms with Crippen LogP contribution in [0.25, 0.3) is 0 Å². The molecule has 1 aromatic rings. The first kappa shape index (κ1) is 13.8. The van der Waals surface area contributed by atoms with E-state index in [4.69, 9.17) is 12.2 Å². The van der Waals surface area contributed by atoms with E-state index in [0.29, 0.717) is 0 Å². The lowest BCUT2D eigenvalue weighted by atomic mass is 9.95. The van der Waals surface area contributed by atoms with Gasteiger partial charge in [-0.2, -0.15) is 4.99 Å². The summed E-state index contributed by atoms with van der Waals surface area (Å²) in [5.41, 5.74) is 2.68. The van der Waals surface area contributed by atoms with Crippen molar-refractivity contribution in [3.63, 3.8) is 0 Å². The van der Waals surface area contributed by atoms with Crippen molar-refractivity contribution in [3.05, 3.63) is 29.3 Å². The molecule has 1 atom stereocenters. The van der Waals surface area contributed by atoms with E-state index in [9.17, 15) is 4.79 Å². The quantitative estimate of drug-likeness (QED) is 0.576. The van der Waals surface area contributed by atoms with Crippen LogP contribution in [0, 0.1) is 0 Å². The molecule has 3 aliphatic rings. The minimum atomic E-state index is 0.152. The Kier molecular flexibility index (Phi) is 3.38. The fraction of sp³-hybridized carbons (Fsp3) is 0.467. The molecule has 1 spiro atoms. The van der Waals surface area contributed by atoms with E-state index in [1.165, 1.54) is 11.5 Å². The van der Waals surface area contributed by atoms with Gasteiger partial charge < -0.3 is 4.90 Å². The Labute approximate surface area is 137 Å². The van der Waals surface area contributed by atoms with Crippen molar-refractivity contribution in [1.82, 2.24) is 4.90 Å². The van der Waals surface area contributed by atoms with E-state index in [-0.39, 0.29) is 16.0 Å². The molecule has 3 heterocycles. The average molecular weight is 334 g/mol. The number of isothiocyanates is 1. The molecule has 4 rings (SSSR count). The molecular formula is C15H14N2OS3. The van der Waals surface area contributed by atoms with Gasteiger partial charge in [-0.25, -0.2) is 0 Å². The number of hydrogen-bond donors (Lipinski definition) is 0. The number of thioether (sulfide) groups is 2. The summed E-state index contributed by atoms with van der Waals surface area (Å²) < 4.78 is 0.289. The fourth-order valence-electron chi connectivity index (χ4n) is 3.60. The molecule has 1 unspecified atom stereocenters. The molecule has 2 saturated heterocycles. The Morgan fingerprint density at radius 3 is 2.95 bits per heavy atom. The number of carbonyl (C=O) groups is 1. The minimum Gasteiger partial charge on any atom is -0.331 e. The Morgan fingerprint density at radius 2 is 2.19 bits per heavy atom. The maximum Gasteiger partial charge on any atom is 0.254 e. The molecule has 0 radical (unpaired) electrons. The summed E-state index contributed by atoms with van der Waals surface area (Å²) in [5.74, 6) is 2.59. The number of fused-ring (bicyclic) bond motifs is 3. The summed E-state index contributed by atoms with van der Waals surface area (Å²) >= 11 is 8.89. The lowest BCUT2D eigenvalue weighted by Gasteiger charge is -2.41. The molecule has 21 heavy (non-hydrogen) atoms. The van der Waals surface area contributed by atoms with Crippen molar-refractivity contribution in [1.29, 1.82) is 0 Å². The van der Waals surface area contributed by atoms with Crippen LogP contribution in [0.2, 0.25) is 0 Å². The highest BCUT2D eigenvalue weighted by molar-refractivity contribution is 8.21. The Morgan fingerprint density at radius 1 is 1.38 bits per heavy atom. The summed E-state index contributed by atoms with van der Waals surface area (Å²) in [6, 6.07) is 5.89. The van der Waals surface area contributed by atoms with Crippen molar-refractivity contribution in [3.8, 4) is 0 Å². The fourth-order valence-corrected chi connectivity index (χ4v) is 6.97. The highest BCUT2D eigenvalue weighted by Gasteiger charge is 2.49. The number of aliphatic imine (C=N–C) groups is 1. The maximum atomic E-state index is 12.6. The zero-order valence-corrected chi connectivity index (χ0v) is 13.8. The monoisotopic (exact) mass is 334 g/mol. The van der Waals surface area contributed by atoms with Crippen molar-refractivity contribution < 1.29 is 4.79 Å². The van der Waals surface area contributed by atoms with Crippen LogP contribution in [-0.4, -0.2) is 38.1 Å². The molecule has 6 heteroatoms. The molecular weight excluding hydrogens is 320 g/mol. The maximum absolute atomic E-state index is 12.6. The molecule has 0 bridgehead atoms. The van der Waals surface area contributed by atoms with Crippen LogP contribution in [0.3, 0.4) is 0 Å². The highest BCUT2D eigenvalue weighted by atomic mass is 32.2. The highest BCUT2D eigenvalue weighted by Crippen LogP contribution is 2.57. The van der Waals surface area contributed by atoms with E-state index in [2.05, 4.69) is 33.7 Å². The number of nitrogens with zero attached hydrogens (tertiary/aromatic N) is 2. The zero-order chi connectivity index (χ0) is 14.4. The van der Waals surface area contributed by atoms with Crippen LogP contribution < -0.4 is 0 Å². The van der Waals surface area contributed by atoms with E-state index >= 15 is 0 Å². The second kappa shape index (κ2) is 5.13. The van der Waals surface area contributed by atoms with E-state index in [1.807, 2.05) is 23.1 Å². The molecule has 3 aliphatic heterocycles. The number of piperidine rings is 1. The normalized spacial score (nSPS) is 25.6. The molecule has 108 valence electrons. The van der Waals surface area contributed by atoms with Crippen molar-refractivity contribution in [2.24, 2.45) is 4.99 Å². The van der Waals surface area contributed by atoms with Gasteiger partial charge in [-0.1, -0.05) is 6.07 Å². The Bertz CT molecular complexity index is 663. The average Bonchev–Trinajstić information content (AvgIpc) is 3.05. The predicted octanol–water partition coefficient (Wildman–Crippen LogP) is 3.89. The van der Waals surface area contributed by atoms with Gasteiger partial charge in [-0.05, 0) is 37.2 Å². The summed E-state index contributed by atoms with van der Waals surface area (Å²) in [7, 11) is 0. The molecule has 0 N–H and O–H groups in total. The molecule has 1 aromatic carbocycles. The molecule has 0 saturated carbocycles. The lowest BCUT2D eigenvalue weighted by Crippen LogP contribution is -2.41. The third-order valence-corrected chi connectivity index (χ3v) is 8.17. The third kappa shape index (κ3) is 2.08. The first-order chi connectivity index (χ1) is 10.2. The van der Waals surface area contributed by atoms with E-state index in [1.54, 1.807) is 0 Å². The van der Waals surface area contributed by atoms with Gasteiger partial charge in [-0.15, -0.1) is 23.5 Å². The predicted molar refractivity (Wildman–Crippen MR) is 91.8 cm³/mol. The molecule has 2 fully saturated rings. The first-order valence-corrected chi connectivity index (χ1v) is 9.42. The van der Waals surface area contributed by atoms with Gasteiger partial charge in [0.05, 0.1) is 21.0 Å². The van der Waals surface area contributed by atoms with Crippen molar-refractivity contribution in [2.75, 3.05) is 18.1 Å². The second-order valence-corrected chi connectivity index (χ2v) is 8.92. The van der Waals surface area contributed by atoms with Gasteiger partial charge in [0.15, 0.2) is 0 Å². The summed E-state index contributed by atoms with van der Waals surface area (Å²) in [6.45, 7) is 0.846. The van der Waals surface area contributed by atoms with Crippen LogP contribution in [-0.2, 0) is 0 Å². The summed E-state index contributed by atoms with van der Waals surface area (Å²) in [6.07, 6.45) is 2.11. The largest absolute Gasteiger partial charge is 0.331 e. The molecule has 0 aromatic heterocycles. The van der Waals surface area contributed by atoms with Gasteiger partial charge in [-0.3, -0.25) is 4.79 Å². The SMILES string of the molecule is O=C1c2cccc(N=C=S)c2C2CC3(CCN12)SCCS3. The number of amides is 1. The van der Waals surface area contributed by atoms with E-state index < -0.39 is 0 Å². The van der Waals surface area contributed by atoms with Gasteiger partial charge in [0.2, 0.25) is 0 Å². The van der Waals surface area contributed by atoms with Gasteiger partial charge >= 0.3 is 0 Å². The topological polar surface area (TPSA) is 32.7 Å². The van der Waals surface area contributed by atoms with Crippen LogP contribution in [0.1, 0.15) is 34.8 Å². The second-order valence-electron chi connectivity index (χ2n) is 5.52. The zero-order valence-electron chi connectivity index (χ0n) is 11.4. The van der Waals surface area contributed by atoms with Crippen LogP contribution >= 0.6 is 35.7 Å². The molecule has 3 nitrogen and oxygen atoms in total. The number of carbonyl (C=O) groups excluding carboxylic acids is 1. The summed E-state index contributed by atoms with van der Waals surface area (Å²) in [4.78, 5) is 18.8. The van der Waals surface area contributed by atoms with Crippen LogP contribution in [0.4, 0.5) is 5.69 Å². The van der Waals surface area contributed by atoms with Gasteiger partial charge in [0, 0.05) is 29.2 Å². The molecule has 1 amide bonds. The van der Waals surface area contributed by atoms with Crippen LogP contribution in [0.5, 0.6) is 0 Å². The number of rotatable bonds is 1. The smallest absolute Gasteiger partial charge is 0.254 e. The lowest BCUT2D eigenvalue weighted by molar-refractivity contribution is 0.0669. The van der Waals surface area contributed by atoms with Gasteiger partial charge in [0.1, 0.15) is 0 Å². The minimum absolute atomic E-state index is 0.152. The van der Waals surface area contributed by atoms with Crippen LogP contribution in [0.15, 0.2) is 23.2 Å². The first-order valence-electron chi connectivity index (χ1n) is 7.04. The van der Waals surface area contributed by atoms with Crippen molar-refractivity contribution >= 4 is 52.5 Å². The van der Waals surface area contributed by atoms with E-state index in [0.717, 1.165) is 36.2 Å². The number of hydrogen-bond acceptors (Lipinski definition) is 5. The number of thiocarbonyl (C=S) groups is 1.